The summed E-state index contributed by atoms with van der Waals surface area (Å²) in [6, 6.07) is 3.40. The molecule has 1 N–H and O–H groups in total. The molecule has 0 aliphatic rings. The van der Waals surface area contributed by atoms with Crippen molar-refractivity contribution >= 4 is 17.3 Å². The van der Waals surface area contributed by atoms with Crippen molar-refractivity contribution in [3.05, 3.63) is 34.7 Å². The second kappa shape index (κ2) is 3.06. The van der Waals surface area contributed by atoms with Crippen LogP contribution in [0.25, 0.3) is 11.3 Å². The molecule has 0 fully saturated rings. The van der Waals surface area contributed by atoms with Gasteiger partial charge in [-0.25, -0.2) is 4.79 Å². The van der Waals surface area contributed by atoms with Crippen LogP contribution in [0.4, 0.5) is 0 Å². The molecular weight excluding hydrogens is 188 g/mol. The largest absolute Gasteiger partial charge is 0.478 e. The normalized spacial score (nSPS) is 10.2. The Labute approximate surface area is 78.2 Å². The summed E-state index contributed by atoms with van der Waals surface area (Å²) in [5, 5.41) is 12.5. The van der Waals surface area contributed by atoms with Crippen LogP contribution in [0, 0.1) is 0 Å². The summed E-state index contributed by atoms with van der Waals surface area (Å²) in [6.07, 6.45) is 1.25. The number of carboxylic acid groups (broad SMARTS) is 1. The molecule has 3 nitrogen and oxygen atoms in total. The third-order valence-corrected chi connectivity index (χ3v) is 2.34. The molecule has 0 aromatic carbocycles. The average Bonchev–Trinajstić information content (AvgIpc) is 2.75. The van der Waals surface area contributed by atoms with E-state index in [0.717, 1.165) is 5.56 Å². The van der Waals surface area contributed by atoms with Gasteiger partial charge in [-0.3, -0.25) is 0 Å². The first kappa shape index (κ1) is 8.07. The van der Waals surface area contributed by atoms with Crippen LogP contribution in [0.1, 0.15) is 10.4 Å². The SMILES string of the molecule is O=C(O)c1coc(-c2ccsc2)c1. The van der Waals surface area contributed by atoms with Crippen LogP contribution >= 0.6 is 11.3 Å². The lowest BCUT2D eigenvalue weighted by atomic mass is 10.2. The Balaban J connectivity index is 2.39. The maximum absolute atomic E-state index is 10.5. The van der Waals surface area contributed by atoms with Gasteiger partial charge in [0.25, 0.3) is 0 Å². The number of aromatic carboxylic acids is 1. The molecule has 66 valence electrons. The van der Waals surface area contributed by atoms with Crippen molar-refractivity contribution in [1.29, 1.82) is 0 Å². The molecule has 0 amide bonds. The lowest BCUT2D eigenvalue weighted by Crippen LogP contribution is -1.91. The molecule has 0 unspecified atom stereocenters. The number of furan rings is 1. The molecule has 4 heteroatoms. The topological polar surface area (TPSA) is 50.4 Å². The van der Waals surface area contributed by atoms with Gasteiger partial charge in [0.15, 0.2) is 0 Å². The van der Waals surface area contributed by atoms with Gasteiger partial charge in [-0.2, -0.15) is 11.3 Å². The number of carbonyl (C=O) groups is 1. The summed E-state index contributed by atoms with van der Waals surface area (Å²) in [6.45, 7) is 0. The molecule has 0 atom stereocenters. The van der Waals surface area contributed by atoms with E-state index in [1.165, 1.54) is 12.3 Å². The van der Waals surface area contributed by atoms with Gasteiger partial charge in [0.1, 0.15) is 12.0 Å². The average molecular weight is 194 g/mol. The Hall–Kier alpha value is -1.55. The minimum Gasteiger partial charge on any atom is -0.478 e. The molecular formula is C9H6O3S. The molecule has 2 aromatic heterocycles. The Morgan fingerprint density at radius 1 is 1.54 bits per heavy atom. The second-order valence-corrected chi connectivity index (χ2v) is 3.30. The molecule has 0 spiro atoms. The first-order chi connectivity index (χ1) is 6.27. The van der Waals surface area contributed by atoms with E-state index in [9.17, 15) is 4.79 Å². The zero-order valence-corrected chi connectivity index (χ0v) is 7.38. The van der Waals surface area contributed by atoms with Gasteiger partial charge in [-0.15, -0.1) is 0 Å². The van der Waals surface area contributed by atoms with Crippen LogP contribution in [0.2, 0.25) is 0 Å². The maximum Gasteiger partial charge on any atom is 0.338 e. The quantitative estimate of drug-likeness (QED) is 0.799. The standard InChI is InChI=1S/C9H6O3S/c10-9(11)7-3-8(12-4-7)6-1-2-13-5-6/h1-5H,(H,10,11). The van der Waals surface area contributed by atoms with E-state index in [-0.39, 0.29) is 5.56 Å². The zero-order chi connectivity index (χ0) is 9.26. The van der Waals surface area contributed by atoms with Crippen molar-refractivity contribution in [2.45, 2.75) is 0 Å². The summed E-state index contributed by atoms with van der Waals surface area (Å²) >= 11 is 1.54. The number of hydrogen-bond acceptors (Lipinski definition) is 3. The van der Waals surface area contributed by atoms with Gasteiger partial charge in [0, 0.05) is 10.9 Å². The number of thiophene rings is 1. The first-order valence-electron chi connectivity index (χ1n) is 3.62. The minimum atomic E-state index is -0.967. The molecule has 0 saturated heterocycles. The molecule has 0 aliphatic heterocycles. The molecule has 2 heterocycles. The molecule has 0 radical (unpaired) electrons. The zero-order valence-electron chi connectivity index (χ0n) is 6.56. The van der Waals surface area contributed by atoms with E-state index < -0.39 is 5.97 Å². The van der Waals surface area contributed by atoms with E-state index in [1.807, 2.05) is 16.8 Å². The van der Waals surface area contributed by atoms with Crippen LogP contribution < -0.4 is 0 Å². The summed E-state index contributed by atoms with van der Waals surface area (Å²) in [5.41, 5.74) is 1.10. The van der Waals surface area contributed by atoms with Gasteiger partial charge in [-0.1, -0.05) is 0 Å². The van der Waals surface area contributed by atoms with Crippen LogP contribution in [0.3, 0.4) is 0 Å². The molecule has 13 heavy (non-hydrogen) atoms. The minimum absolute atomic E-state index is 0.182. The van der Waals surface area contributed by atoms with E-state index in [2.05, 4.69) is 0 Å². The fourth-order valence-corrected chi connectivity index (χ4v) is 1.65. The fraction of sp³-hybridized carbons (Fsp3) is 0. The maximum atomic E-state index is 10.5. The third-order valence-electron chi connectivity index (χ3n) is 1.65. The highest BCUT2D eigenvalue weighted by atomic mass is 32.1. The molecule has 0 bridgehead atoms. The fourth-order valence-electron chi connectivity index (χ4n) is 1.00. The van der Waals surface area contributed by atoms with Crippen molar-refractivity contribution in [1.82, 2.24) is 0 Å². The van der Waals surface area contributed by atoms with Crippen LogP contribution in [-0.2, 0) is 0 Å². The highest BCUT2D eigenvalue weighted by Crippen LogP contribution is 2.24. The predicted molar refractivity (Wildman–Crippen MR) is 49.0 cm³/mol. The highest BCUT2D eigenvalue weighted by molar-refractivity contribution is 7.08. The molecule has 2 aromatic rings. The van der Waals surface area contributed by atoms with Crippen molar-refractivity contribution in [2.75, 3.05) is 0 Å². The lowest BCUT2D eigenvalue weighted by molar-refractivity contribution is 0.0696. The van der Waals surface area contributed by atoms with Crippen LogP contribution in [-0.4, -0.2) is 11.1 Å². The van der Waals surface area contributed by atoms with Crippen molar-refractivity contribution in [3.63, 3.8) is 0 Å². The van der Waals surface area contributed by atoms with Gasteiger partial charge < -0.3 is 9.52 Å². The number of hydrogen-bond donors (Lipinski definition) is 1. The third kappa shape index (κ3) is 1.48. The van der Waals surface area contributed by atoms with Gasteiger partial charge in [0.05, 0.1) is 5.56 Å². The van der Waals surface area contributed by atoms with E-state index in [1.54, 1.807) is 11.3 Å². The van der Waals surface area contributed by atoms with E-state index in [0.29, 0.717) is 5.76 Å². The van der Waals surface area contributed by atoms with Gasteiger partial charge >= 0.3 is 5.97 Å². The molecule has 0 aliphatic carbocycles. The lowest BCUT2D eigenvalue weighted by Gasteiger charge is -1.85. The Kier molecular flexibility index (Phi) is 1.90. The van der Waals surface area contributed by atoms with E-state index in [4.69, 9.17) is 9.52 Å². The van der Waals surface area contributed by atoms with Crippen molar-refractivity contribution < 1.29 is 14.3 Å². The molecule has 0 saturated carbocycles. The Morgan fingerprint density at radius 2 is 2.38 bits per heavy atom. The summed E-state index contributed by atoms with van der Waals surface area (Å²) < 4.78 is 5.10. The Morgan fingerprint density at radius 3 is 2.92 bits per heavy atom. The van der Waals surface area contributed by atoms with Gasteiger partial charge in [0.2, 0.25) is 0 Å². The smallest absolute Gasteiger partial charge is 0.338 e. The number of carboxylic acids is 1. The van der Waals surface area contributed by atoms with Crippen molar-refractivity contribution in [2.24, 2.45) is 0 Å². The highest BCUT2D eigenvalue weighted by Gasteiger charge is 2.09. The van der Waals surface area contributed by atoms with Gasteiger partial charge in [-0.05, 0) is 17.5 Å². The second-order valence-electron chi connectivity index (χ2n) is 2.52. The predicted octanol–water partition coefficient (Wildman–Crippen LogP) is 2.71. The summed E-state index contributed by atoms with van der Waals surface area (Å²) in [5.74, 6) is -0.371. The van der Waals surface area contributed by atoms with Crippen LogP contribution in [0.5, 0.6) is 0 Å². The van der Waals surface area contributed by atoms with Crippen LogP contribution in [0.15, 0.2) is 33.6 Å². The Bertz CT molecular complexity index is 414. The monoisotopic (exact) mass is 194 g/mol. The summed E-state index contributed by atoms with van der Waals surface area (Å²) in [7, 11) is 0. The summed E-state index contributed by atoms with van der Waals surface area (Å²) in [4.78, 5) is 10.5. The molecule has 2 rings (SSSR count). The number of rotatable bonds is 2. The van der Waals surface area contributed by atoms with E-state index >= 15 is 0 Å². The first-order valence-corrected chi connectivity index (χ1v) is 4.56. The van der Waals surface area contributed by atoms with Crippen molar-refractivity contribution in [3.8, 4) is 11.3 Å².